The van der Waals surface area contributed by atoms with Gasteiger partial charge in [0.25, 0.3) is 0 Å². The second-order valence-electron chi connectivity index (χ2n) is 8.99. The molecule has 0 aromatic heterocycles. The highest BCUT2D eigenvalue weighted by molar-refractivity contribution is 5.75. The lowest BCUT2D eigenvalue weighted by molar-refractivity contribution is -0.175. The maximum Gasteiger partial charge on any atom is 0.510 e. The van der Waals surface area contributed by atoms with Gasteiger partial charge in [0.2, 0.25) is 0 Å². The molecule has 0 saturated carbocycles. The Kier molecular flexibility index (Phi) is 11.8. The van der Waals surface area contributed by atoms with Crippen LogP contribution < -0.4 is 0 Å². The summed E-state index contributed by atoms with van der Waals surface area (Å²) in [7, 11) is 0. The van der Waals surface area contributed by atoms with Gasteiger partial charge in [0.1, 0.15) is 0 Å². The SMILES string of the molecule is CC(C)(C)OCOC(=O)C(C)(C)C.CC(C)OC(=O)OCOC(C)(C)C. The Hall–Kier alpha value is -1.34. The van der Waals surface area contributed by atoms with E-state index in [1.165, 1.54) is 0 Å². The molecule has 0 unspecified atom stereocenters. The Morgan fingerprint density at radius 2 is 1.12 bits per heavy atom. The van der Waals surface area contributed by atoms with Gasteiger partial charge in [-0.25, -0.2) is 4.79 Å². The van der Waals surface area contributed by atoms with Crippen LogP contribution in [0.2, 0.25) is 0 Å². The second-order valence-corrected chi connectivity index (χ2v) is 8.99. The summed E-state index contributed by atoms with van der Waals surface area (Å²) in [5.74, 6) is -0.239. The molecule has 7 heteroatoms. The zero-order valence-electron chi connectivity index (χ0n) is 18.3. The molecule has 0 N–H and O–H groups in total. The van der Waals surface area contributed by atoms with E-state index in [1.807, 2.05) is 62.3 Å². The van der Waals surface area contributed by atoms with Crippen LogP contribution in [0.25, 0.3) is 0 Å². The van der Waals surface area contributed by atoms with E-state index >= 15 is 0 Å². The van der Waals surface area contributed by atoms with Crippen LogP contribution in [0.15, 0.2) is 0 Å². The van der Waals surface area contributed by atoms with E-state index < -0.39 is 11.6 Å². The van der Waals surface area contributed by atoms with Crippen LogP contribution >= 0.6 is 0 Å². The van der Waals surface area contributed by atoms with Gasteiger partial charge in [0, 0.05) is 0 Å². The molecule has 0 aliphatic heterocycles. The molecule has 26 heavy (non-hydrogen) atoms. The minimum Gasteiger partial charge on any atom is -0.438 e. The van der Waals surface area contributed by atoms with Crippen LogP contribution in [-0.2, 0) is 28.5 Å². The predicted molar refractivity (Wildman–Crippen MR) is 99.7 cm³/mol. The van der Waals surface area contributed by atoms with Crippen molar-refractivity contribution >= 4 is 12.1 Å². The third kappa shape index (κ3) is 20.7. The van der Waals surface area contributed by atoms with Crippen molar-refractivity contribution in [2.75, 3.05) is 13.6 Å². The van der Waals surface area contributed by atoms with Crippen LogP contribution in [0.5, 0.6) is 0 Å². The van der Waals surface area contributed by atoms with E-state index in [-0.39, 0.29) is 36.9 Å². The van der Waals surface area contributed by atoms with Gasteiger partial charge < -0.3 is 23.7 Å². The van der Waals surface area contributed by atoms with Gasteiger partial charge in [0.15, 0.2) is 13.6 Å². The van der Waals surface area contributed by atoms with Crippen molar-refractivity contribution in [3.8, 4) is 0 Å². The molecule has 0 saturated heterocycles. The summed E-state index contributed by atoms with van der Waals surface area (Å²) in [4.78, 5) is 22.1. The number of carbonyl (C=O) groups is 2. The molecule has 0 heterocycles. The predicted octanol–water partition coefficient (Wildman–Crippen LogP) is 4.67. The van der Waals surface area contributed by atoms with Crippen LogP contribution in [-0.4, -0.2) is 43.0 Å². The standard InChI is InChI=1S/C10H20O3.C9H18O4/c1-9(2,3)8(11)12-7-13-10(4,5)6;1-7(2)13-8(10)11-6-12-9(3,4)5/h7H2,1-6H3;7H,6H2,1-5H3. The van der Waals surface area contributed by atoms with E-state index in [9.17, 15) is 9.59 Å². The first-order valence-electron chi connectivity index (χ1n) is 8.72. The highest BCUT2D eigenvalue weighted by Gasteiger charge is 2.23. The van der Waals surface area contributed by atoms with E-state index in [1.54, 1.807) is 13.8 Å². The normalized spacial score (nSPS) is 12.2. The van der Waals surface area contributed by atoms with Crippen LogP contribution in [0.4, 0.5) is 4.79 Å². The lowest BCUT2D eigenvalue weighted by Crippen LogP contribution is -2.27. The Morgan fingerprint density at radius 1 is 0.731 bits per heavy atom. The summed E-state index contributed by atoms with van der Waals surface area (Å²) in [6.07, 6.45) is -0.860. The fourth-order valence-electron chi connectivity index (χ4n) is 0.957. The second kappa shape index (κ2) is 11.4. The quantitative estimate of drug-likeness (QED) is 0.508. The molecule has 0 bridgehead atoms. The molecule has 156 valence electrons. The molecular formula is C19H38O7. The maximum absolute atomic E-state index is 11.2. The molecule has 7 nitrogen and oxygen atoms in total. The third-order valence-corrected chi connectivity index (χ3v) is 2.29. The van der Waals surface area contributed by atoms with Gasteiger partial charge in [-0.2, -0.15) is 0 Å². The summed E-state index contributed by atoms with van der Waals surface area (Å²) >= 11 is 0. The molecule has 0 rings (SSSR count). The van der Waals surface area contributed by atoms with Crippen molar-refractivity contribution in [1.82, 2.24) is 0 Å². The van der Waals surface area contributed by atoms with Crippen LogP contribution in [0.3, 0.4) is 0 Å². The van der Waals surface area contributed by atoms with E-state index in [4.69, 9.17) is 18.9 Å². The molecule has 0 fully saturated rings. The minimum absolute atomic E-state index is 0.0274. The first-order valence-corrected chi connectivity index (χ1v) is 8.72. The van der Waals surface area contributed by atoms with E-state index in [0.29, 0.717) is 0 Å². The fraction of sp³-hybridized carbons (Fsp3) is 0.895. The maximum atomic E-state index is 11.2. The van der Waals surface area contributed by atoms with Gasteiger partial charge in [-0.3, -0.25) is 4.79 Å². The van der Waals surface area contributed by atoms with Gasteiger partial charge in [-0.15, -0.1) is 0 Å². The molecule has 0 amide bonds. The highest BCUT2D eigenvalue weighted by atomic mass is 16.8. The number of ether oxygens (including phenoxy) is 5. The lowest BCUT2D eigenvalue weighted by Gasteiger charge is -2.21. The van der Waals surface area contributed by atoms with E-state index in [2.05, 4.69) is 4.74 Å². The van der Waals surface area contributed by atoms with Crippen molar-refractivity contribution in [3.63, 3.8) is 0 Å². The average Bonchev–Trinajstić information content (AvgIpc) is 2.33. The summed E-state index contributed by atoms with van der Waals surface area (Å²) in [6.45, 7) is 20.3. The van der Waals surface area contributed by atoms with Crippen molar-refractivity contribution < 1.29 is 33.3 Å². The molecule has 0 atom stereocenters. The highest BCUT2D eigenvalue weighted by Crippen LogP contribution is 2.15. The number of hydrogen-bond acceptors (Lipinski definition) is 7. The largest absolute Gasteiger partial charge is 0.510 e. The Bertz CT molecular complexity index is 409. The van der Waals surface area contributed by atoms with Crippen LogP contribution in [0.1, 0.15) is 76.2 Å². The van der Waals surface area contributed by atoms with Crippen molar-refractivity contribution in [2.24, 2.45) is 5.41 Å². The Labute approximate surface area is 158 Å². The smallest absolute Gasteiger partial charge is 0.438 e. The van der Waals surface area contributed by atoms with E-state index in [0.717, 1.165) is 0 Å². The van der Waals surface area contributed by atoms with Crippen molar-refractivity contribution in [2.45, 2.75) is 93.5 Å². The summed E-state index contributed by atoms with van der Waals surface area (Å²) < 4.78 is 24.7. The van der Waals surface area contributed by atoms with Gasteiger partial charge in [-0.1, -0.05) is 0 Å². The lowest BCUT2D eigenvalue weighted by atomic mass is 9.98. The average molecular weight is 379 g/mol. The molecule has 0 spiro atoms. The number of esters is 1. The zero-order chi connectivity index (χ0) is 21.2. The molecule has 0 aromatic carbocycles. The van der Waals surface area contributed by atoms with Gasteiger partial charge in [0.05, 0.1) is 22.7 Å². The zero-order valence-corrected chi connectivity index (χ0v) is 18.3. The molecule has 0 radical (unpaired) electrons. The summed E-state index contributed by atoms with van der Waals surface area (Å²) in [6, 6.07) is 0. The number of carbonyl (C=O) groups excluding carboxylic acids is 2. The fourth-order valence-corrected chi connectivity index (χ4v) is 0.957. The molecular weight excluding hydrogens is 340 g/mol. The Balaban J connectivity index is 0. The summed E-state index contributed by atoms with van der Waals surface area (Å²) in [5.41, 5.74) is -1.03. The van der Waals surface area contributed by atoms with Crippen LogP contribution in [0, 0.1) is 5.41 Å². The molecule has 0 aliphatic carbocycles. The Morgan fingerprint density at radius 3 is 1.42 bits per heavy atom. The number of rotatable bonds is 5. The topological polar surface area (TPSA) is 80.3 Å². The number of hydrogen-bond donors (Lipinski definition) is 0. The van der Waals surface area contributed by atoms with Crippen molar-refractivity contribution in [1.29, 1.82) is 0 Å². The molecule has 0 aliphatic rings. The van der Waals surface area contributed by atoms with Gasteiger partial charge >= 0.3 is 12.1 Å². The van der Waals surface area contributed by atoms with Gasteiger partial charge in [-0.05, 0) is 76.2 Å². The first-order chi connectivity index (χ1) is 11.4. The third-order valence-electron chi connectivity index (χ3n) is 2.29. The monoisotopic (exact) mass is 378 g/mol. The minimum atomic E-state index is -0.695. The first kappa shape index (κ1) is 26.9. The van der Waals surface area contributed by atoms with Crippen molar-refractivity contribution in [3.05, 3.63) is 0 Å². The molecule has 0 aromatic rings. The summed E-state index contributed by atoms with van der Waals surface area (Å²) in [5, 5.41) is 0.